The molecule has 1 amide bonds. The molecule has 204 valence electrons. The van der Waals surface area contributed by atoms with E-state index in [4.69, 9.17) is 4.74 Å². The van der Waals surface area contributed by atoms with E-state index >= 15 is 0 Å². The van der Waals surface area contributed by atoms with Gasteiger partial charge in [0.05, 0.1) is 10.6 Å². The molecule has 2 N–H and O–H groups in total. The number of benzene rings is 2. The Morgan fingerprint density at radius 2 is 1.84 bits per heavy atom. The molecule has 1 heterocycles. The van der Waals surface area contributed by atoms with Gasteiger partial charge in [-0.25, -0.2) is 17.5 Å². The van der Waals surface area contributed by atoms with Crippen molar-refractivity contribution in [2.75, 3.05) is 6.54 Å². The van der Waals surface area contributed by atoms with Crippen molar-refractivity contribution in [1.82, 2.24) is 19.8 Å². The molecule has 3 aromatic rings. The molecule has 0 saturated heterocycles. The fourth-order valence-electron chi connectivity index (χ4n) is 3.33. The van der Waals surface area contributed by atoms with Crippen LogP contribution < -0.4 is 14.8 Å². The first kappa shape index (κ1) is 28.7. The first-order chi connectivity index (χ1) is 17.8. The zero-order valence-corrected chi connectivity index (χ0v) is 22.5. The van der Waals surface area contributed by atoms with Crippen molar-refractivity contribution < 1.29 is 27.3 Å². The molecule has 0 bridgehead atoms. The number of rotatable bonds is 11. The number of nitrogens with one attached hydrogen (secondary N) is 2. The van der Waals surface area contributed by atoms with Crippen LogP contribution in [0.5, 0.6) is 11.6 Å². The van der Waals surface area contributed by atoms with E-state index < -0.39 is 37.3 Å². The molecular formula is C25H30FN5O6S. The standard InChI is InChI=1S/C25H30FN5O6S/c1-6-16(4)28-24(32)23-17(5)25(30(29-23)19-9-7-18(26)8-10-19)37-21-12-11-20(31(33)34)13-22(21)38(35,36)27-14-15(2)3/h7-13,15-16,27H,6,14H2,1-5H3,(H,28,32)/t16-/m1/s1. The molecule has 0 aliphatic rings. The summed E-state index contributed by atoms with van der Waals surface area (Å²) in [5.74, 6) is -1.22. The topological polar surface area (TPSA) is 145 Å². The van der Waals surface area contributed by atoms with Crippen LogP contribution in [0.3, 0.4) is 0 Å². The fraction of sp³-hybridized carbons (Fsp3) is 0.360. The third kappa shape index (κ3) is 6.53. The average molecular weight is 548 g/mol. The molecule has 13 heteroatoms. The highest BCUT2D eigenvalue weighted by atomic mass is 32.2. The molecule has 0 fully saturated rings. The number of hydrogen-bond acceptors (Lipinski definition) is 7. The average Bonchev–Trinajstić information content (AvgIpc) is 3.19. The van der Waals surface area contributed by atoms with Crippen LogP contribution in [-0.4, -0.2) is 41.6 Å². The van der Waals surface area contributed by atoms with Gasteiger partial charge in [0.25, 0.3) is 11.6 Å². The number of nitro benzene ring substituents is 1. The second-order valence-corrected chi connectivity index (χ2v) is 10.9. The molecule has 38 heavy (non-hydrogen) atoms. The summed E-state index contributed by atoms with van der Waals surface area (Å²) in [6.45, 7) is 9.03. The Bertz CT molecular complexity index is 1440. The summed E-state index contributed by atoms with van der Waals surface area (Å²) in [6.07, 6.45) is 0.681. The molecule has 3 rings (SSSR count). The van der Waals surface area contributed by atoms with Gasteiger partial charge in [-0.15, -0.1) is 0 Å². The summed E-state index contributed by atoms with van der Waals surface area (Å²) >= 11 is 0. The quantitative estimate of drug-likeness (QED) is 0.266. The molecule has 0 saturated carbocycles. The van der Waals surface area contributed by atoms with Crippen LogP contribution in [0.1, 0.15) is 50.2 Å². The number of nitro groups is 1. The largest absolute Gasteiger partial charge is 0.437 e. The van der Waals surface area contributed by atoms with Gasteiger partial charge in [0.15, 0.2) is 5.69 Å². The molecule has 2 aromatic carbocycles. The van der Waals surface area contributed by atoms with Crippen molar-refractivity contribution >= 4 is 21.6 Å². The summed E-state index contributed by atoms with van der Waals surface area (Å²) in [4.78, 5) is 23.2. The Kier molecular flexibility index (Phi) is 8.84. The molecule has 0 radical (unpaired) electrons. The lowest BCUT2D eigenvalue weighted by molar-refractivity contribution is -0.385. The monoisotopic (exact) mass is 547 g/mol. The molecule has 0 spiro atoms. The van der Waals surface area contributed by atoms with Crippen molar-refractivity contribution in [3.63, 3.8) is 0 Å². The van der Waals surface area contributed by atoms with Crippen molar-refractivity contribution in [2.45, 2.75) is 52.0 Å². The zero-order valence-electron chi connectivity index (χ0n) is 21.7. The second-order valence-electron chi connectivity index (χ2n) is 9.19. The van der Waals surface area contributed by atoms with E-state index in [2.05, 4.69) is 15.1 Å². The zero-order chi connectivity index (χ0) is 28.2. The smallest absolute Gasteiger partial charge is 0.272 e. The molecular weight excluding hydrogens is 517 g/mol. The van der Waals surface area contributed by atoms with Crippen LogP contribution in [0.2, 0.25) is 0 Å². The van der Waals surface area contributed by atoms with E-state index in [1.807, 2.05) is 27.7 Å². The van der Waals surface area contributed by atoms with E-state index in [0.29, 0.717) is 12.1 Å². The number of nitrogens with zero attached hydrogens (tertiary/aromatic N) is 3. The Morgan fingerprint density at radius 3 is 2.42 bits per heavy atom. The fourth-order valence-corrected chi connectivity index (χ4v) is 4.69. The number of non-ortho nitro benzene ring substituents is 1. The maximum atomic E-state index is 13.6. The van der Waals surface area contributed by atoms with Crippen LogP contribution in [0, 0.1) is 28.8 Å². The van der Waals surface area contributed by atoms with Gasteiger partial charge in [-0.05, 0) is 56.5 Å². The van der Waals surface area contributed by atoms with Crippen molar-refractivity contribution in [2.24, 2.45) is 5.92 Å². The molecule has 0 aliphatic carbocycles. The number of sulfonamides is 1. The van der Waals surface area contributed by atoms with Crippen LogP contribution in [0.4, 0.5) is 10.1 Å². The van der Waals surface area contributed by atoms with Gasteiger partial charge in [-0.3, -0.25) is 14.9 Å². The number of ether oxygens (including phenoxy) is 1. The predicted molar refractivity (Wildman–Crippen MR) is 139 cm³/mol. The summed E-state index contributed by atoms with van der Waals surface area (Å²) in [7, 11) is -4.22. The van der Waals surface area contributed by atoms with Gasteiger partial charge in [0.2, 0.25) is 15.9 Å². The highest BCUT2D eigenvalue weighted by Crippen LogP contribution is 2.35. The van der Waals surface area contributed by atoms with Gasteiger partial charge in [-0.1, -0.05) is 20.8 Å². The Labute approximate surface area is 220 Å². The van der Waals surface area contributed by atoms with E-state index in [1.54, 1.807) is 6.92 Å². The first-order valence-electron chi connectivity index (χ1n) is 12.0. The number of amides is 1. The molecule has 0 aliphatic heterocycles. The number of carbonyl (C=O) groups excluding carboxylic acids is 1. The predicted octanol–water partition coefficient (Wildman–Crippen LogP) is 4.48. The second kappa shape index (κ2) is 11.7. The van der Waals surface area contributed by atoms with Crippen molar-refractivity contribution in [1.29, 1.82) is 0 Å². The lowest BCUT2D eigenvalue weighted by Crippen LogP contribution is -2.32. The number of aromatic nitrogens is 2. The Balaban J connectivity index is 2.18. The van der Waals surface area contributed by atoms with Crippen LogP contribution in [-0.2, 0) is 10.0 Å². The number of hydrogen-bond donors (Lipinski definition) is 2. The van der Waals surface area contributed by atoms with Gasteiger partial charge in [0.1, 0.15) is 16.5 Å². The summed E-state index contributed by atoms with van der Waals surface area (Å²) in [6, 6.07) is 8.29. The lowest BCUT2D eigenvalue weighted by Gasteiger charge is -2.15. The van der Waals surface area contributed by atoms with Crippen molar-refractivity contribution in [3.05, 3.63) is 69.7 Å². The first-order valence-corrected chi connectivity index (χ1v) is 13.4. The molecule has 0 unspecified atom stereocenters. The van der Waals surface area contributed by atoms with Gasteiger partial charge in [-0.2, -0.15) is 9.78 Å². The molecule has 11 nitrogen and oxygen atoms in total. The lowest BCUT2D eigenvalue weighted by atomic mass is 10.2. The van der Waals surface area contributed by atoms with E-state index in [1.165, 1.54) is 35.0 Å². The van der Waals surface area contributed by atoms with Gasteiger partial charge < -0.3 is 10.1 Å². The molecule has 1 aromatic heterocycles. The normalized spacial score (nSPS) is 12.4. The van der Waals surface area contributed by atoms with E-state index in [0.717, 1.165) is 12.1 Å². The highest BCUT2D eigenvalue weighted by Gasteiger charge is 2.28. The van der Waals surface area contributed by atoms with Crippen molar-refractivity contribution in [3.8, 4) is 17.3 Å². The molecule has 1 atom stereocenters. The van der Waals surface area contributed by atoms with Gasteiger partial charge in [0, 0.05) is 30.3 Å². The summed E-state index contributed by atoms with van der Waals surface area (Å²) in [5, 5.41) is 18.6. The maximum Gasteiger partial charge on any atom is 0.272 e. The van der Waals surface area contributed by atoms with E-state index in [9.17, 15) is 27.7 Å². The number of carbonyl (C=O) groups is 1. The minimum absolute atomic E-state index is 0.0138. The number of halogens is 1. The van der Waals surface area contributed by atoms with Gasteiger partial charge >= 0.3 is 0 Å². The summed E-state index contributed by atoms with van der Waals surface area (Å²) in [5.41, 5.74) is 0.205. The third-order valence-electron chi connectivity index (χ3n) is 5.66. The minimum atomic E-state index is -4.22. The highest BCUT2D eigenvalue weighted by molar-refractivity contribution is 7.89. The Morgan fingerprint density at radius 1 is 1.18 bits per heavy atom. The summed E-state index contributed by atoms with van der Waals surface area (Å²) < 4.78 is 49.6. The van der Waals surface area contributed by atoms with Crippen LogP contribution in [0.15, 0.2) is 47.4 Å². The van der Waals surface area contributed by atoms with E-state index in [-0.39, 0.29) is 41.4 Å². The SMILES string of the molecule is CC[C@@H](C)NC(=O)c1nn(-c2ccc(F)cc2)c(Oc2ccc([N+](=O)[O-])cc2S(=O)(=O)NCC(C)C)c1C. The van der Waals surface area contributed by atoms with Crippen LogP contribution in [0.25, 0.3) is 5.69 Å². The maximum absolute atomic E-state index is 13.6. The minimum Gasteiger partial charge on any atom is -0.437 e. The van der Waals surface area contributed by atoms with Crippen LogP contribution >= 0.6 is 0 Å². The Hall–Kier alpha value is -3.84. The third-order valence-corrected chi connectivity index (χ3v) is 7.11.